The average Bonchev–Trinajstić information content (AvgIpc) is 2.30. The van der Waals surface area contributed by atoms with E-state index in [1.54, 1.807) is 6.92 Å². The Bertz CT molecular complexity index is 421. The molecule has 4 nitrogen and oxygen atoms in total. The summed E-state index contributed by atoms with van der Waals surface area (Å²) in [4.78, 5) is 15.0. The Hall–Kier alpha value is -1.72. The maximum Gasteiger partial charge on any atom is 0.310 e. The first-order valence-electron chi connectivity index (χ1n) is 4.88. The molecule has 94 valence electrons. The largest absolute Gasteiger partial charge is 0.496 e. The van der Waals surface area contributed by atoms with E-state index in [-0.39, 0.29) is 17.7 Å². The van der Waals surface area contributed by atoms with Crippen LogP contribution in [0.2, 0.25) is 0 Å². The number of hydrogen-bond donors (Lipinski definition) is 0. The van der Waals surface area contributed by atoms with E-state index >= 15 is 0 Å². The highest BCUT2D eigenvalue weighted by Gasteiger charge is 2.21. The number of nitrogens with zero attached hydrogens (tertiary/aromatic N) is 1. The van der Waals surface area contributed by atoms with E-state index in [1.165, 1.54) is 14.2 Å². The van der Waals surface area contributed by atoms with Crippen molar-refractivity contribution in [1.82, 2.24) is 4.98 Å². The Morgan fingerprint density at radius 3 is 2.59 bits per heavy atom. The van der Waals surface area contributed by atoms with E-state index < -0.39 is 12.4 Å². The number of carbonyl (C=O) groups excluding carboxylic acids is 1. The highest BCUT2D eigenvalue weighted by molar-refractivity contribution is 5.74. The van der Waals surface area contributed by atoms with Gasteiger partial charge < -0.3 is 9.47 Å². The van der Waals surface area contributed by atoms with Gasteiger partial charge in [-0.1, -0.05) is 0 Å². The third kappa shape index (κ3) is 2.89. The van der Waals surface area contributed by atoms with Gasteiger partial charge in [0.05, 0.1) is 26.2 Å². The predicted molar refractivity (Wildman–Crippen MR) is 56.2 cm³/mol. The number of aromatic nitrogens is 1. The minimum atomic E-state index is -2.70. The zero-order valence-electron chi connectivity index (χ0n) is 9.79. The third-order valence-electron chi connectivity index (χ3n) is 2.36. The van der Waals surface area contributed by atoms with Crippen LogP contribution in [0.25, 0.3) is 0 Å². The lowest BCUT2D eigenvalue weighted by atomic mass is 10.1. The summed E-state index contributed by atoms with van der Waals surface area (Å²) in [6.07, 6.45) is -1.78. The van der Waals surface area contributed by atoms with Crippen molar-refractivity contribution in [2.45, 2.75) is 19.8 Å². The highest BCUT2D eigenvalue weighted by atomic mass is 19.3. The van der Waals surface area contributed by atoms with Crippen LogP contribution in [-0.2, 0) is 16.0 Å². The Morgan fingerprint density at radius 2 is 2.12 bits per heavy atom. The van der Waals surface area contributed by atoms with E-state index in [1.807, 2.05) is 0 Å². The standard InChI is InChI=1S/C11H13F2NO3/c1-6-7(4-9(15)16-2)10(17-3)8(5-14-6)11(12)13/h5,11H,4H2,1-3H3. The van der Waals surface area contributed by atoms with Crippen LogP contribution in [0.15, 0.2) is 6.20 Å². The zero-order chi connectivity index (χ0) is 13.0. The molecule has 6 heteroatoms. The van der Waals surface area contributed by atoms with Crippen molar-refractivity contribution in [3.05, 3.63) is 23.0 Å². The molecule has 0 saturated heterocycles. The van der Waals surface area contributed by atoms with Crippen molar-refractivity contribution in [2.75, 3.05) is 14.2 Å². The number of methoxy groups -OCH3 is 2. The summed E-state index contributed by atoms with van der Waals surface area (Å²) in [5.41, 5.74) is 0.478. The summed E-state index contributed by atoms with van der Waals surface area (Å²) in [5.74, 6) is -0.530. The molecule has 17 heavy (non-hydrogen) atoms. The molecular weight excluding hydrogens is 232 g/mol. The smallest absolute Gasteiger partial charge is 0.310 e. The van der Waals surface area contributed by atoms with E-state index in [2.05, 4.69) is 9.72 Å². The molecule has 0 atom stereocenters. The minimum Gasteiger partial charge on any atom is -0.496 e. The molecule has 0 spiro atoms. The van der Waals surface area contributed by atoms with Gasteiger partial charge in [-0.15, -0.1) is 0 Å². The molecule has 1 rings (SSSR count). The minimum absolute atomic E-state index is 0.00194. The number of esters is 1. The lowest BCUT2D eigenvalue weighted by Crippen LogP contribution is -2.10. The van der Waals surface area contributed by atoms with Gasteiger partial charge in [0.15, 0.2) is 0 Å². The van der Waals surface area contributed by atoms with Crippen molar-refractivity contribution < 1.29 is 23.0 Å². The molecule has 1 heterocycles. The van der Waals surface area contributed by atoms with E-state index in [4.69, 9.17) is 4.74 Å². The molecular formula is C11H13F2NO3. The molecule has 1 aromatic heterocycles. The number of pyridine rings is 1. The molecule has 0 saturated carbocycles. The number of aryl methyl sites for hydroxylation is 1. The fraction of sp³-hybridized carbons (Fsp3) is 0.455. The van der Waals surface area contributed by atoms with Crippen molar-refractivity contribution >= 4 is 5.97 Å². The number of rotatable bonds is 4. The summed E-state index contributed by atoms with van der Waals surface area (Å²) >= 11 is 0. The van der Waals surface area contributed by atoms with Crippen molar-refractivity contribution in [2.24, 2.45) is 0 Å². The first-order valence-corrected chi connectivity index (χ1v) is 4.88. The molecule has 0 radical (unpaired) electrons. The van der Waals surface area contributed by atoms with Gasteiger partial charge in [-0.2, -0.15) is 0 Å². The fourth-order valence-corrected chi connectivity index (χ4v) is 1.46. The molecule has 0 aliphatic carbocycles. The molecule has 0 aliphatic heterocycles. The molecule has 0 aromatic carbocycles. The summed E-state index contributed by atoms with van der Waals surface area (Å²) in [6, 6.07) is 0. The van der Waals surface area contributed by atoms with Crippen LogP contribution in [0.3, 0.4) is 0 Å². The van der Waals surface area contributed by atoms with E-state index in [0.717, 1.165) is 6.20 Å². The van der Waals surface area contributed by atoms with Gasteiger partial charge in [0, 0.05) is 17.5 Å². The van der Waals surface area contributed by atoms with Crippen LogP contribution < -0.4 is 4.74 Å². The normalized spacial score (nSPS) is 10.5. The van der Waals surface area contributed by atoms with Gasteiger partial charge in [-0.3, -0.25) is 9.78 Å². The number of ether oxygens (including phenoxy) is 2. The third-order valence-corrected chi connectivity index (χ3v) is 2.36. The first kappa shape index (κ1) is 13.3. The van der Waals surface area contributed by atoms with Gasteiger partial charge >= 0.3 is 5.97 Å². The number of hydrogen-bond acceptors (Lipinski definition) is 4. The Balaban J connectivity index is 3.25. The van der Waals surface area contributed by atoms with Crippen LogP contribution in [0.1, 0.15) is 23.2 Å². The quantitative estimate of drug-likeness (QED) is 0.762. The predicted octanol–water partition coefficient (Wildman–Crippen LogP) is 2.05. The summed E-state index contributed by atoms with van der Waals surface area (Å²) < 4.78 is 34.9. The van der Waals surface area contributed by atoms with Crippen molar-refractivity contribution in [1.29, 1.82) is 0 Å². The second kappa shape index (κ2) is 5.56. The molecule has 0 amide bonds. The summed E-state index contributed by atoms with van der Waals surface area (Å²) in [6.45, 7) is 1.62. The summed E-state index contributed by atoms with van der Waals surface area (Å²) in [5, 5.41) is 0. The van der Waals surface area contributed by atoms with Gasteiger partial charge in [0.1, 0.15) is 5.75 Å². The number of alkyl halides is 2. The maximum atomic E-state index is 12.7. The van der Waals surface area contributed by atoms with Crippen LogP contribution in [-0.4, -0.2) is 25.2 Å². The Labute approximate surface area is 97.6 Å². The zero-order valence-corrected chi connectivity index (χ0v) is 9.79. The van der Waals surface area contributed by atoms with Crippen LogP contribution in [0.4, 0.5) is 8.78 Å². The molecule has 0 aliphatic rings. The average molecular weight is 245 g/mol. The molecule has 0 fully saturated rings. The molecule has 1 aromatic rings. The van der Waals surface area contributed by atoms with Crippen LogP contribution >= 0.6 is 0 Å². The summed E-state index contributed by atoms with van der Waals surface area (Å²) in [7, 11) is 2.51. The lowest BCUT2D eigenvalue weighted by molar-refractivity contribution is -0.139. The second-order valence-corrected chi connectivity index (χ2v) is 3.36. The van der Waals surface area contributed by atoms with Gasteiger partial charge in [-0.25, -0.2) is 8.78 Å². The highest BCUT2D eigenvalue weighted by Crippen LogP contribution is 2.33. The van der Waals surface area contributed by atoms with Gasteiger partial charge in [-0.05, 0) is 6.92 Å². The van der Waals surface area contributed by atoms with E-state index in [9.17, 15) is 13.6 Å². The van der Waals surface area contributed by atoms with Gasteiger partial charge in [0.2, 0.25) is 0 Å². The van der Waals surface area contributed by atoms with E-state index in [0.29, 0.717) is 11.3 Å². The van der Waals surface area contributed by atoms with Crippen molar-refractivity contribution in [3.63, 3.8) is 0 Å². The first-order chi connectivity index (χ1) is 8.01. The number of halogens is 2. The number of carbonyl (C=O) groups is 1. The van der Waals surface area contributed by atoms with Crippen LogP contribution in [0.5, 0.6) is 5.75 Å². The topological polar surface area (TPSA) is 48.4 Å². The Kier molecular flexibility index (Phi) is 4.37. The SMILES string of the molecule is COC(=O)Cc1c(C)ncc(C(F)F)c1OC. The monoisotopic (exact) mass is 245 g/mol. The molecule has 0 N–H and O–H groups in total. The maximum absolute atomic E-state index is 12.7. The Morgan fingerprint density at radius 1 is 1.47 bits per heavy atom. The van der Waals surface area contributed by atoms with Gasteiger partial charge in [0.25, 0.3) is 6.43 Å². The lowest BCUT2D eigenvalue weighted by Gasteiger charge is -2.14. The second-order valence-electron chi connectivity index (χ2n) is 3.36. The van der Waals surface area contributed by atoms with Crippen LogP contribution in [0, 0.1) is 6.92 Å². The van der Waals surface area contributed by atoms with Crippen molar-refractivity contribution in [3.8, 4) is 5.75 Å². The molecule has 0 bridgehead atoms. The molecule has 0 unspecified atom stereocenters. The fourth-order valence-electron chi connectivity index (χ4n) is 1.46.